The third-order valence-corrected chi connectivity index (χ3v) is 3.99. The maximum absolute atomic E-state index is 12.0. The molecule has 1 amide bonds. The lowest BCUT2D eigenvalue weighted by Gasteiger charge is -2.12. The Morgan fingerprint density at radius 2 is 2.06 bits per heavy atom. The number of nitrogens with one attached hydrogen (secondary N) is 1. The van der Waals surface area contributed by atoms with Crippen molar-refractivity contribution >= 4 is 11.6 Å². The summed E-state index contributed by atoms with van der Waals surface area (Å²) in [5.41, 5.74) is 1.62. The number of carbonyl (C=O) groups excluding carboxylic acids is 1. The summed E-state index contributed by atoms with van der Waals surface area (Å²) in [6.45, 7) is 0.0112. The molecule has 0 heterocycles. The van der Waals surface area contributed by atoms with Crippen LogP contribution in [0.15, 0.2) is 24.3 Å². The molecule has 1 aromatic rings. The lowest BCUT2D eigenvalue weighted by atomic mass is 10.0. The predicted octanol–water partition coefficient (Wildman–Crippen LogP) is 2.16. The van der Waals surface area contributed by atoms with Crippen LogP contribution in [0.5, 0.6) is 0 Å². The van der Waals surface area contributed by atoms with E-state index in [1.54, 1.807) is 0 Å². The van der Waals surface area contributed by atoms with Crippen molar-refractivity contribution in [3.8, 4) is 0 Å². The molecule has 2 saturated carbocycles. The van der Waals surface area contributed by atoms with Crippen LogP contribution in [0.25, 0.3) is 0 Å². The molecule has 2 atom stereocenters. The van der Waals surface area contributed by atoms with Crippen LogP contribution in [0.2, 0.25) is 0 Å². The third-order valence-electron chi connectivity index (χ3n) is 3.99. The first-order valence-corrected chi connectivity index (χ1v) is 6.27. The van der Waals surface area contributed by atoms with E-state index in [9.17, 15) is 4.79 Å². The fraction of sp³-hybridized carbons (Fsp3) is 0.500. The van der Waals surface area contributed by atoms with Crippen LogP contribution in [0, 0.1) is 17.8 Å². The summed E-state index contributed by atoms with van der Waals surface area (Å²) < 4.78 is 0. The van der Waals surface area contributed by atoms with E-state index in [0.29, 0.717) is 0 Å². The number of carbonyl (C=O) groups is 1. The van der Waals surface area contributed by atoms with Crippen LogP contribution >= 0.6 is 0 Å². The van der Waals surface area contributed by atoms with Gasteiger partial charge in [-0.1, -0.05) is 12.1 Å². The second kappa shape index (κ2) is 4.15. The Morgan fingerprint density at radius 1 is 1.29 bits per heavy atom. The average Bonchev–Trinajstić information content (AvgIpc) is 2.96. The molecular weight excluding hydrogens is 214 g/mol. The van der Waals surface area contributed by atoms with E-state index in [1.807, 2.05) is 24.3 Å². The summed E-state index contributed by atoms with van der Waals surface area (Å²) in [5, 5.41) is 12.0. The van der Waals surface area contributed by atoms with Crippen molar-refractivity contribution in [1.82, 2.24) is 0 Å². The van der Waals surface area contributed by atoms with Crippen molar-refractivity contribution in [2.24, 2.45) is 17.8 Å². The van der Waals surface area contributed by atoms with Gasteiger partial charge in [-0.15, -0.1) is 0 Å². The highest BCUT2D eigenvalue weighted by molar-refractivity contribution is 5.92. The molecule has 3 heteroatoms. The summed E-state index contributed by atoms with van der Waals surface area (Å²) in [6.07, 6.45) is 3.47. The fourth-order valence-corrected chi connectivity index (χ4v) is 2.92. The zero-order valence-electron chi connectivity index (χ0n) is 9.73. The highest BCUT2D eigenvalue weighted by Crippen LogP contribution is 2.54. The predicted molar refractivity (Wildman–Crippen MR) is 65.3 cm³/mol. The molecule has 17 heavy (non-hydrogen) atoms. The summed E-state index contributed by atoms with van der Waals surface area (Å²) in [7, 11) is 0. The van der Waals surface area contributed by atoms with Gasteiger partial charge in [0, 0.05) is 11.6 Å². The van der Waals surface area contributed by atoms with Crippen molar-refractivity contribution in [3.63, 3.8) is 0 Å². The molecular formula is C14H17NO2. The van der Waals surface area contributed by atoms with Crippen molar-refractivity contribution < 1.29 is 9.90 Å². The number of hydrogen-bond donors (Lipinski definition) is 2. The maximum Gasteiger partial charge on any atom is 0.227 e. The number of hydrogen-bond acceptors (Lipinski definition) is 2. The molecule has 3 rings (SSSR count). The average molecular weight is 231 g/mol. The molecule has 1 aromatic carbocycles. The van der Waals surface area contributed by atoms with E-state index < -0.39 is 0 Å². The highest BCUT2D eigenvalue weighted by Gasteiger charge is 2.47. The quantitative estimate of drug-likeness (QED) is 0.837. The standard InChI is InChI=1S/C14H17NO2/c16-8-9-2-1-3-13(4-9)15-14(17)12-6-10-5-11(10)7-12/h1-4,10-12,16H,5-8H2,(H,15,17). The lowest BCUT2D eigenvalue weighted by molar-refractivity contribution is -0.120. The third kappa shape index (κ3) is 2.20. The van der Waals surface area contributed by atoms with Gasteiger partial charge in [0.05, 0.1) is 6.61 Å². The zero-order valence-corrected chi connectivity index (χ0v) is 9.73. The molecule has 0 saturated heterocycles. The van der Waals surface area contributed by atoms with Crippen LogP contribution in [0.1, 0.15) is 24.8 Å². The maximum atomic E-state index is 12.0. The monoisotopic (exact) mass is 231 g/mol. The van der Waals surface area contributed by atoms with Gasteiger partial charge in [0.25, 0.3) is 0 Å². The smallest absolute Gasteiger partial charge is 0.227 e. The Hall–Kier alpha value is -1.35. The largest absolute Gasteiger partial charge is 0.392 e. The van der Waals surface area contributed by atoms with Gasteiger partial charge in [0.1, 0.15) is 0 Å². The Bertz CT molecular complexity index is 434. The SMILES string of the molecule is O=C(Nc1cccc(CO)c1)C1CC2CC2C1. The van der Waals surface area contributed by atoms with Crippen LogP contribution in [0.4, 0.5) is 5.69 Å². The van der Waals surface area contributed by atoms with Crippen molar-refractivity contribution in [3.05, 3.63) is 29.8 Å². The van der Waals surface area contributed by atoms with Crippen LogP contribution in [-0.4, -0.2) is 11.0 Å². The molecule has 0 bridgehead atoms. The van der Waals surface area contributed by atoms with Gasteiger partial charge in [0.15, 0.2) is 0 Å². The summed E-state index contributed by atoms with van der Waals surface area (Å²) in [5.74, 6) is 2.01. The van der Waals surface area contributed by atoms with Crippen LogP contribution in [0.3, 0.4) is 0 Å². The zero-order chi connectivity index (χ0) is 11.8. The number of rotatable bonds is 3. The minimum Gasteiger partial charge on any atom is -0.392 e. The molecule has 2 N–H and O–H groups in total. The van der Waals surface area contributed by atoms with E-state index in [0.717, 1.165) is 35.9 Å². The topological polar surface area (TPSA) is 49.3 Å². The van der Waals surface area contributed by atoms with E-state index in [-0.39, 0.29) is 18.4 Å². The minimum atomic E-state index is 0.0112. The summed E-state index contributed by atoms with van der Waals surface area (Å²) in [6, 6.07) is 7.40. The molecule has 90 valence electrons. The first-order valence-electron chi connectivity index (χ1n) is 6.27. The molecule has 0 radical (unpaired) electrons. The van der Waals surface area contributed by atoms with Gasteiger partial charge in [0.2, 0.25) is 5.91 Å². The van der Waals surface area contributed by atoms with E-state index in [4.69, 9.17) is 5.11 Å². The van der Waals surface area contributed by atoms with Gasteiger partial charge in [-0.2, -0.15) is 0 Å². The Kier molecular flexibility index (Phi) is 2.63. The number of amides is 1. The number of aliphatic hydroxyl groups is 1. The number of aliphatic hydroxyl groups excluding tert-OH is 1. The number of fused-ring (bicyclic) bond motifs is 1. The van der Waals surface area contributed by atoms with Gasteiger partial charge in [-0.3, -0.25) is 4.79 Å². The Labute approximate surface area is 101 Å². The van der Waals surface area contributed by atoms with Gasteiger partial charge < -0.3 is 10.4 Å². The van der Waals surface area contributed by atoms with Gasteiger partial charge in [-0.05, 0) is 48.8 Å². The molecule has 2 unspecified atom stereocenters. The second-order valence-corrected chi connectivity index (χ2v) is 5.27. The van der Waals surface area contributed by atoms with Crippen molar-refractivity contribution in [1.29, 1.82) is 0 Å². The highest BCUT2D eigenvalue weighted by atomic mass is 16.3. The van der Waals surface area contributed by atoms with Gasteiger partial charge in [-0.25, -0.2) is 0 Å². The first-order chi connectivity index (χ1) is 8.26. The Balaban J connectivity index is 1.63. The van der Waals surface area contributed by atoms with E-state index in [1.165, 1.54) is 6.42 Å². The molecule has 2 aliphatic carbocycles. The fourth-order valence-electron chi connectivity index (χ4n) is 2.92. The lowest BCUT2D eigenvalue weighted by Crippen LogP contribution is -2.21. The van der Waals surface area contributed by atoms with Crippen LogP contribution < -0.4 is 5.32 Å². The second-order valence-electron chi connectivity index (χ2n) is 5.27. The normalized spacial score (nSPS) is 29.8. The molecule has 0 aromatic heterocycles. The molecule has 2 fully saturated rings. The minimum absolute atomic E-state index is 0.0112. The van der Waals surface area contributed by atoms with E-state index >= 15 is 0 Å². The Morgan fingerprint density at radius 3 is 2.76 bits per heavy atom. The number of anilines is 1. The van der Waals surface area contributed by atoms with Crippen molar-refractivity contribution in [2.75, 3.05) is 5.32 Å². The summed E-state index contributed by atoms with van der Waals surface area (Å²) >= 11 is 0. The molecule has 2 aliphatic rings. The van der Waals surface area contributed by atoms with Crippen molar-refractivity contribution in [2.45, 2.75) is 25.9 Å². The molecule has 0 aliphatic heterocycles. The molecule has 3 nitrogen and oxygen atoms in total. The number of benzene rings is 1. The first kappa shape index (κ1) is 10.8. The summed E-state index contributed by atoms with van der Waals surface area (Å²) in [4.78, 5) is 12.0. The molecule has 0 spiro atoms. The van der Waals surface area contributed by atoms with E-state index in [2.05, 4.69) is 5.32 Å². The van der Waals surface area contributed by atoms with Crippen LogP contribution in [-0.2, 0) is 11.4 Å². The van der Waals surface area contributed by atoms with Gasteiger partial charge >= 0.3 is 0 Å².